The molecule has 0 saturated heterocycles. The summed E-state index contributed by atoms with van der Waals surface area (Å²) in [7, 11) is 0. The Balaban J connectivity index is 1.49. The summed E-state index contributed by atoms with van der Waals surface area (Å²) >= 11 is 3.99. The van der Waals surface area contributed by atoms with Crippen molar-refractivity contribution in [2.75, 3.05) is 5.32 Å². The zero-order valence-corrected chi connectivity index (χ0v) is 15.1. The van der Waals surface area contributed by atoms with Crippen molar-refractivity contribution in [3.63, 3.8) is 0 Å². The molecule has 0 aliphatic heterocycles. The van der Waals surface area contributed by atoms with E-state index < -0.39 is 0 Å². The molecule has 1 N–H and O–H groups in total. The molecule has 2 unspecified atom stereocenters. The lowest BCUT2D eigenvalue weighted by Gasteiger charge is -2.60. The third-order valence-corrected chi connectivity index (χ3v) is 7.05. The third-order valence-electron chi connectivity index (χ3n) is 6.12. The predicted octanol–water partition coefficient (Wildman–Crippen LogP) is 5.20. The van der Waals surface area contributed by atoms with Gasteiger partial charge in [-0.2, -0.15) is 0 Å². The van der Waals surface area contributed by atoms with E-state index in [0.717, 1.165) is 23.8 Å². The minimum absolute atomic E-state index is 0.0387. The zero-order valence-electron chi connectivity index (χ0n) is 13.5. The molecular weight excluding hydrogens is 357 g/mol. The number of anilines is 1. The summed E-state index contributed by atoms with van der Waals surface area (Å²) in [5.74, 6) is 1.29. The zero-order chi connectivity index (χ0) is 16.2. The summed E-state index contributed by atoms with van der Waals surface area (Å²) in [5.41, 5.74) is 1.66. The maximum Gasteiger partial charge on any atom is 0.224 e. The summed E-state index contributed by atoms with van der Waals surface area (Å²) < 4.78 is 13.7. The average molecular weight is 380 g/mol. The molecule has 2 nitrogen and oxygen atoms in total. The quantitative estimate of drug-likeness (QED) is 0.718. The fourth-order valence-electron chi connectivity index (χ4n) is 5.81. The molecule has 0 spiro atoms. The van der Waals surface area contributed by atoms with Crippen LogP contribution in [0.5, 0.6) is 0 Å². The number of hydrogen-bond acceptors (Lipinski definition) is 1. The normalized spacial score (nSPS) is 37.9. The highest BCUT2D eigenvalue weighted by molar-refractivity contribution is 9.10. The third kappa shape index (κ3) is 2.95. The number of hydrogen-bond donors (Lipinski definition) is 1. The van der Waals surface area contributed by atoms with Gasteiger partial charge in [-0.15, -0.1) is 0 Å². The molecule has 23 heavy (non-hydrogen) atoms. The molecule has 4 bridgehead atoms. The lowest BCUT2D eigenvalue weighted by molar-refractivity contribution is -0.123. The lowest BCUT2D eigenvalue weighted by Crippen LogP contribution is -2.53. The van der Waals surface area contributed by atoms with Gasteiger partial charge in [-0.05, 0) is 80.4 Å². The number of amides is 1. The molecule has 5 rings (SSSR count). The Hall–Kier alpha value is -0.900. The predicted molar refractivity (Wildman–Crippen MR) is 93.2 cm³/mol. The molecule has 0 radical (unpaired) electrons. The number of benzene rings is 1. The molecule has 4 aliphatic rings. The van der Waals surface area contributed by atoms with E-state index in [9.17, 15) is 9.18 Å². The van der Waals surface area contributed by atoms with E-state index in [1.165, 1.54) is 44.2 Å². The van der Waals surface area contributed by atoms with E-state index in [1.807, 2.05) is 6.92 Å². The van der Waals surface area contributed by atoms with Gasteiger partial charge in [0.05, 0.1) is 0 Å². The first-order valence-electron chi connectivity index (χ1n) is 8.60. The van der Waals surface area contributed by atoms with Crippen LogP contribution in [-0.2, 0) is 4.79 Å². The molecular formula is C19H23BrFNO. The van der Waals surface area contributed by atoms with Crippen molar-refractivity contribution < 1.29 is 9.18 Å². The van der Waals surface area contributed by atoms with E-state index >= 15 is 0 Å². The van der Waals surface area contributed by atoms with Gasteiger partial charge in [0, 0.05) is 16.4 Å². The van der Waals surface area contributed by atoms with Crippen LogP contribution < -0.4 is 5.32 Å². The van der Waals surface area contributed by atoms with Crippen LogP contribution in [0.15, 0.2) is 18.2 Å². The monoisotopic (exact) mass is 379 g/mol. The van der Waals surface area contributed by atoms with Gasteiger partial charge in [0.2, 0.25) is 5.91 Å². The number of aryl methyl sites for hydroxylation is 1. The van der Waals surface area contributed by atoms with Crippen molar-refractivity contribution in [1.82, 2.24) is 0 Å². The Morgan fingerprint density at radius 3 is 2.65 bits per heavy atom. The van der Waals surface area contributed by atoms with Crippen LogP contribution in [0.2, 0.25) is 0 Å². The van der Waals surface area contributed by atoms with Crippen LogP contribution in [0, 0.1) is 30.0 Å². The van der Waals surface area contributed by atoms with Crippen LogP contribution in [0.25, 0.3) is 0 Å². The minimum Gasteiger partial charge on any atom is -0.326 e. The van der Waals surface area contributed by atoms with E-state index in [4.69, 9.17) is 0 Å². The lowest BCUT2D eigenvalue weighted by atomic mass is 9.48. The van der Waals surface area contributed by atoms with Crippen LogP contribution in [-0.4, -0.2) is 10.2 Å². The highest BCUT2D eigenvalue weighted by Gasteiger charge is 2.57. The molecule has 124 valence electrons. The summed E-state index contributed by atoms with van der Waals surface area (Å²) in [4.78, 5) is 12.6. The van der Waals surface area contributed by atoms with E-state index in [1.54, 1.807) is 6.07 Å². The van der Waals surface area contributed by atoms with Gasteiger partial charge in [0.1, 0.15) is 5.82 Å². The molecule has 2 atom stereocenters. The number of nitrogens with one attached hydrogen (secondary N) is 1. The number of halogens is 2. The Morgan fingerprint density at radius 2 is 2.00 bits per heavy atom. The maximum absolute atomic E-state index is 13.4. The fraction of sp³-hybridized carbons (Fsp3) is 0.632. The van der Waals surface area contributed by atoms with Crippen molar-refractivity contribution in [2.45, 2.75) is 56.2 Å². The van der Waals surface area contributed by atoms with E-state index in [-0.39, 0.29) is 21.5 Å². The standard InChI is InChI=1S/C19H23BrFNO/c1-12-2-3-15(21)5-16(12)22-17(23)10-18-6-13-4-14(7-18)9-19(20,8-13)11-18/h2-3,5,13-14H,4,6-11H2,1H3,(H,22,23). The van der Waals surface area contributed by atoms with Crippen molar-refractivity contribution in [1.29, 1.82) is 0 Å². The number of carbonyl (C=O) groups excluding carboxylic acids is 1. The first-order valence-corrected chi connectivity index (χ1v) is 9.39. The largest absolute Gasteiger partial charge is 0.326 e. The summed E-state index contributed by atoms with van der Waals surface area (Å²) in [6.07, 6.45) is 7.95. The second-order valence-corrected chi connectivity index (χ2v) is 9.98. The molecule has 0 heterocycles. The molecule has 4 saturated carbocycles. The minimum atomic E-state index is -0.305. The molecule has 4 fully saturated rings. The average Bonchev–Trinajstić information content (AvgIpc) is 2.39. The SMILES string of the molecule is Cc1ccc(F)cc1NC(=O)CC12CC3CC(CC(Br)(C3)C1)C2. The van der Waals surface area contributed by atoms with Gasteiger partial charge in [-0.3, -0.25) is 4.79 Å². The molecule has 1 aromatic carbocycles. The Morgan fingerprint density at radius 1 is 1.30 bits per heavy atom. The van der Waals surface area contributed by atoms with Crippen molar-refractivity contribution >= 4 is 27.5 Å². The van der Waals surface area contributed by atoms with Crippen molar-refractivity contribution in [3.05, 3.63) is 29.6 Å². The maximum atomic E-state index is 13.4. The van der Waals surface area contributed by atoms with Crippen LogP contribution >= 0.6 is 15.9 Å². The van der Waals surface area contributed by atoms with Gasteiger partial charge in [-0.1, -0.05) is 22.0 Å². The van der Waals surface area contributed by atoms with Gasteiger partial charge in [0.25, 0.3) is 0 Å². The van der Waals surface area contributed by atoms with Crippen LogP contribution in [0.1, 0.15) is 50.5 Å². The van der Waals surface area contributed by atoms with Crippen LogP contribution in [0.4, 0.5) is 10.1 Å². The molecule has 4 heteroatoms. The number of carbonyl (C=O) groups is 1. The van der Waals surface area contributed by atoms with Crippen molar-refractivity contribution in [2.24, 2.45) is 17.3 Å². The molecule has 4 aliphatic carbocycles. The Labute approximate surface area is 145 Å². The molecule has 1 amide bonds. The first-order chi connectivity index (χ1) is 10.8. The van der Waals surface area contributed by atoms with Crippen molar-refractivity contribution in [3.8, 4) is 0 Å². The number of alkyl halides is 1. The molecule has 1 aromatic rings. The number of rotatable bonds is 3. The van der Waals surface area contributed by atoms with Gasteiger partial charge < -0.3 is 5.32 Å². The Kier molecular flexibility index (Phi) is 3.60. The van der Waals surface area contributed by atoms with Gasteiger partial charge in [-0.25, -0.2) is 4.39 Å². The summed E-state index contributed by atoms with van der Waals surface area (Å²) in [6.45, 7) is 1.90. The fourth-order valence-corrected chi connectivity index (χ4v) is 7.32. The first kappa shape index (κ1) is 15.6. The molecule has 0 aromatic heterocycles. The Bertz CT molecular complexity index is 645. The second kappa shape index (κ2) is 5.30. The topological polar surface area (TPSA) is 29.1 Å². The highest BCUT2D eigenvalue weighted by atomic mass is 79.9. The van der Waals surface area contributed by atoms with Gasteiger partial charge in [0.15, 0.2) is 0 Å². The second-order valence-electron chi connectivity index (χ2n) is 8.30. The van der Waals surface area contributed by atoms with E-state index in [0.29, 0.717) is 12.1 Å². The highest BCUT2D eigenvalue weighted by Crippen LogP contribution is 2.65. The van der Waals surface area contributed by atoms with E-state index in [2.05, 4.69) is 21.2 Å². The summed E-state index contributed by atoms with van der Waals surface area (Å²) in [5, 5.41) is 2.94. The van der Waals surface area contributed by atoms with Crippen LogP contribution in [0.3, 0.4) is 0 Å². The summed E-state index contributed by atoms with van der Waals surface area (Å²) in [6, 6.07) is 4.56. The van der Waals surface area contributed by atoms with Gasteiger partial charge >= 0.3 is 0 Å². The smallest absolute Gasteiger partial charge is 0.224 e.